The number of hydrogen-bond donors (Lipinski definition) is 1. The minimum atomic E-state index is -1.08. The van der Waals surface area contributed by atoms with E-state index in [2.05, 4.69) is 21.6 Å². The molecule has 1 N–H and O–H groups in total. The third-order valence-electron chi connectivity index (χ3n) is 7.87. The Kier molecular flexibility index (Phi) is 8.53. The molecule has 182 valence electrons. The Morgan fingerprint density at radius 2 is 2.03 bits per heavy atom. The van der Waals surface area contributed by atoms with E-state index in [1.165, 1.54) is 31.4 Å². The average Bonchev–Trinajstić information content (AvgIpc) is 3.36. The van der Waals surface area contributed by atoms with Gasteiger partial charge < -0.3 is 14.7 Å². The van der Waals surface area contributed by atoms with Crippen molar-refractivity contribution in [3.8, 4) is 5.75 Å². The molecule has 1 aliphatic heterocycles. The van der Waals surface area contributed by atoms with Gasteiger partial charge in [0.25, 0.3) is 0 Å². The van der Waals surface area contributed by atoms with Gasteiger partial charge in [-0.05, 0) is 93.3 Å². The number of aromatic nitrogens is 1. The third-order valence-corrected chi connectivity index (χ3v) is 9.23. The largest absolute Gasteiger partial charge is 0.497 e. The number of aliphatic hydroxyl groups is 1. The fraction of sp³-hybridized carbons (Fsp3) is 0.667. The lowest BCUT2D eigenvalue weighted by Gasteiger charge is -2.41. The van der Waals surface area contributed by atoms with Gasteiger partial charge in [-0.2, -0.15) is 11.8 Å². The highest BCUT2D eigenvalue weighted by Crippen LogP contribution is 2.41. The highest BCUT2D eigenvalue weighted by Gasteiger charge is 2.35. The SMILES string of the molecule is COc1ccc2ncc(C)c([C@@H](F)CCC3(CO)CCN(CCSC4CCCC4)CC3)c2c1. The number of likely N-dealkylation sites (tertiary alicyclic amines) is 1. The molecule has 0 amide bonds. The van der Waals surface area contributed by atoms with Crippen LogP contribution in [-0.4, -0.2) is 59.3 Å². The van der Waals surface area contributed by atoms with E-state index in [1.807, 2.05) is 25.1 Å². The van der Waals surface area contributed by atoms with Crippen LogP contribution in [0.3, 0.4) is 0 Å². The number of hydrogen-bond acceptors (Lipinski definition) is 5. The van der Waals surface area contributed by atoms with Crippen molar-refractivity contribution >= 4 is 22.7 Å². The van der Waals surface area contributed by atoms with Crippen molar-refractivity contribution in [2.45, 2.75) is 69.7 Å². The van der Waals surface area contributed by atoms with E-state index >= 15 is 4.39 Å². The Bertz CT molecular complexity index is 910. The molecule has 0 spiro atoms. The van der Waals surface area contributed by atoms with Crippen LogP contribution >= 0.6 is 11.8 Å². The molecule has 0 unspecified atom stereocenters. The van der Waals surface area contributed by atoms with Crippen LogP contribution in [0.1, 0.15) is 68.7 Å². The number of rotatable bonds is 10. The summed E-state index contributed by atoms with van der Waals surface area (Å²) < 4.78 is 21.0. The van der Waals surface area contributed by atoms with E-state index in [0.29, 0.717) is 24.2 Å². The molecule has 4 nitrogen and oxygen atoms in total. The second-order valence-electron chi connectivity index (χ2n) is 10.0. The van der Waals surface area contributed by atoms with Gasteiger partial charge in [-0.25, -0.2) is 4.39 Å². The van der Waals surface area contributed by atoms with Gasteiger partial charge in [0.1, 0.15) is 11.9 Å². The number of alkyl halides is 1. The maximum atomic E-state index is 15.7. The monoisotopic (exact) mass is 474 g/mol. The Morgan fingerprint density at radius 3 is 2.73 bits per heavy atom. The zero-order valence-corrected chi connectivity index (χ0v) is 21.0. The predicted molar refractivity (Wildman–Crippen MR) is 136 cm³/mol. The van der Waals surface area contributed by atoms with Crippen molar-refractivity contribution in [2.75, 3.05) is 39.1 Å². The van der Waals surface area contributed by atoms with Crippen LogP contribution in [-0.2, 0) is 0 Å². The Balaban J connectivity index is 1.33. The van der Waals surface area contributed by atoms with Crippen LogP contribution in [0.2, 0.25) is 0 Å². The van der Waals surface area contributed by atoms with E-state index in [4.69, 9.17) is 4.74 Å². The van der Waals surface area contributed by atoms with Crippen molar-refractivity contribution in [1.29, 1.82) is 0 Å². The van der Waals surface area contributed by atoms with Gasteiger partial charge in [0.2, 0.25) is 0 Å². The molecule has 0 bridgehead atoms. The molecule has 1 aromatic carbocycles. The molecule has 2 heterocycles. The number of methoxy groups -OCH3 is 1. The number of benzene rings is 1. The number of nitrogens with zero attached hydrogens (tertiary/aromatic N) is 2. The van der Waals surface area contributed by atoms with Gasteiger partial charge in [0.05, 0.1) is 12.6 Å². The molecular formula is C27H39FN2O2S. The third kappa shape index (κ3) is 6.01. The summed E-state index contributed by atoms with van der Waals surface area (Å²) >= 11 is 2.15. The van der Waals surface area contributed by atoms with Gasteiger partial charge in [0, 0.05) is 35.7 Å². The minimum Gasteiger partial charge on any atom is -0.497 e. The van der Waals surface area contributed by atoms with Crippen molar-refractivity contribution in [1.82, 2.24) is 9.88 Å². The molecule has 6 heteroatoms. The summed E-state index contributed by atoms with van der Waals surface area (Å²) in [6.07, 6.45) is 9.31. The second-order valence-corrected chi connectivity index (χ2v) is 11.4. The topological polar surface area (TPSA) is 45.6 Å². The number of aliphatic hydroxyl groups excluding tert-OH is 1. The number of thioether (sulfide) groups is 1. The van der Waals surface area contributed by atoms with Gasteiger partial charge in [-0.1, -0.05) is 12.8 Å². The predicted octanol–water partition coefficient (Wildman–Crippen LogP) is 6.09. The van der Waals surface area contributed by atoms with Gasteiger partial charge in [-0.15, -0.1) is 0 Å². The van der Waals surface area contributed by atoms with E-state index in [9.17, 15) is 5.11 Å². The summed E-state index contributed by atoms with van der Waals surface area (Å²) in [5.41, 5.74) is 2.22. The van der Waals surface area contributed by atoms with Crippen molar-refractivity contribution in [3.05, 3.63) is 35.5 Å². The van der Waals surface area contributed by atoms with Crippen LogP contribution in [0.25, 0.3) is 10.9 Å². The van der Waals surface area contributed by atoms with Crippen LogP contribution < -0.4 is 4.74 Å². The van der Waals surface area contributed by atoms with Crippen molar-refractivity contribution in [2.24, 2.45) is 5.41 Å². The number of aryl methyl sites for hydroxylation is 1. The Labute approximate surface area is 202 Å². The molecular weight excluding hydrogens is 435 g/mol. The first kappa shape index (κ1) is 24.7. The molecule has 2 fully saturated rings. The lowest BCUT2D eigenvalue weighted by molar-refractivity contribution is 0.0322. The lowest BCUT2D eigenvalue weighted by atomic mass is 9.74. The fourth-order valence-corrected chi connectivity index (χ4v) is 6.92. The van der Waals surface area contributed by atoms with E-state index in [1.54, 1.807) is 13.3 Å². The first-order valence-electron chi connectivity index (χ1n) is 12.6. The summed E-state index contributed by atoms with van der Waals surface area (Å²) in [6, 6.07) is 5.64. The molecule has 1 saturated heterocycles. The number of pyridine rings is 1. The molecule has 1 atom stereocenters. The van der Waals surface area contributed by atoms with Crippen molar-refractivity contribution < 1.29 is 14.2 Å². The normalized spacial score (nSPS) is 20.4. The van der Waals surface area contributed by atoms with E-state index in [-0.39, 0.29) is 12.0 Å². The highest BCUT2D eigenvalue weighted by atomic mass is 32.2. The Hall–Kier alpha value is -1.37. The maximum Gasteiger partial charge on any atom is 0.126 e. The molecule has 1 aliphatic carbocycles. The number of ether oxygens (including phenoxy) is 1. The van der Waals surface area contributed by atoms with E-state index < -0.39 is 6.17 Å². The summed E-state index contributed by atoms with van der Waals surface area (Å²) in [4.78, 5) is 7.00. The summed E-state index contributed by atoms with van der Waals surface area (Å²) in [7, 11) is 1.63. The molecule has 0 radical (unpaired) electrons. The van der Waals surface area contributed by atoms with Gasteiger partial charge in [-0.3, -0.25) is 4.98 Å². The highest BCUT2D eigenvalue weighted by molar-refractivity contribution is 7.99. The van der Waals surface area contributed by atoms with Crippen LogP contribution in [0, 0.1) is 12.3 Å². The zero-order chi connectivity index (χ0) is 23.3. The standard InChI is InChI=1S/C27H39FN2O2S/c1-20-18-29-25-8-7-21(32-2)17-23(25)26(20)24(28)9-10-27(19-31)11-13-30(14-12-27)15-16-33-22-5-3-4-6-22/h7-8,17-18,22,24,31H,3-6,9-16,19H2,1-2H3/t24-/m0/s1. The first-order chi connectivity index (χ1) is 16.0. The smallest absolute Gasteiger partial charge is 0.126 e. The molecule has 33 heavy (non-hydrogen) atoms. The number of fused-ring (bicyclic) bond motifs is 1. The molecule has 4 rings (SSSR count). The maximum absolute atomic E-state index is 15.7. The summed E-state index contributed by atoms with van der Waals surface area (Å²) in [6.45, 7) is 5.23. The minimum absolute atomic E-state index is 0.147. The molecule has 2 aliphatic rings. The summed E-state index contributed by atoms with van der Waals surface area (Å²) in [5, 5.41) is 12.0. The van der Waals surface area contributed by atoms with Crippen LogP contribution in [0.5, 0.6) is 5.75 Å². The zero-order valence-electron chi connectivity index (χ0n) is 20.2. The van der Waals surface area contributed by atoms with Gasteiger partial charge >= 0.3 is 0 Å². The fourth-order valence-electron chi connectivity index (χ4n) is 5.55. The van der Waals surface area contributed by atoms with Gasteiger partial charge in [0.15, 0.2) is 0 Å². The van der Waals surface area contributed by atoms with Crippen LogP contribution in [0.15, 0.2) is 24.4 Å². The molecule has 1 saturated carbocycles. The first-order valence-corrected chi connectivity index (χ1v) is 13.6. The second kappa shape index (κ2) is 11.4. The average molecular weight is 475 g/mol. The molecule has 1 aromatic heterocycles. The number of halogens is 1. The quantitative estimate of drug-likeness (QED) is 0.451. The van der Waals surface area contributed by atoms with Crippen LogP contribution in [0.4, 0.5) is 4.39 Å². The molecule has 2 aromatic rings. The summed E-state index contributed by atoms with van der Waals surface area (Å²) in [5.74, 6) is 1.93. The van der Waals surface area contributed by atoms with E-state index in [0.717, 1.165) is 54.2 Å². The lowest BCUT2D eigenvalue weighted by Crippen LogP contribution is -2.43. The number of piperidine rings is 1. The Morgan fingerprint density at radius 1 is 1.27 bits per heavy atom. The van der Waals surface area contributed by atoms with Crippen molar-refractivity contribution in [3.63, 3.8) is 0 Å².